The molecular weight excluding hydrogens is 304 g/mol. The monoisotopic (exact) mass is 328 g/mol. The van der Waals surface area contributed by atoms with Crippen molar-refractivity contribution in [1.82, 2.24) is 10.0 Å². The van der Waals surface area contributed by atoms with Crippen LogP contribution in [-0.4, -0.2) is 32.5 Å². The van der Waals surface area contributed by atoms with Gasteiger partial charge in [-0.1, -0.05) is 12.1 Å². The van der Waals surface area contributed by atoms with Crippen molar-refractivity contribution >= 4 is 21.8 Å². The first-order valence-corrected chi connectivity index (χ1v) is 9.74. The second kappa shape index (κ2) is 6.69. The number of hydrogen-bond acceptors (Lipinski definition) is 4. The van der Waals surface area contributed by atoms with E-state index in [1.807, 2.05) is 23.9 Å². The Morgan fingerprint density at radius 2 is 2.00 bits per heavy atom. The van der Waals surface area contributed by atoms with Gasteiger partial charge in [-0.25, -0.2) is 13.1 Å². The molecule has 0 amide bonds. The first-order valence-electron chi connectivity index (χ1n) is 7.27. The highest BCUT2D eigenvalue weighted by atomic mass is 32.2. The molecular formula is C15H24N2O2S2. The molecule has 4 nitrogen and oxygen atoms in total. The summed E-state index contributed by atoms with van der Waals surface area (Å²) in [6.07, 6.45) is 2.56. The molecule has 0 unspecified atom stereocenters. The minimum absolute atomic E-state index is 0.217. The summed E-state index contributed by atoms with van der Waals surface area (Å²) in [4.78, 5) is 0.305. The van der Waals surface area contributed by atoms with Gasteiger partial charge < -0.3 is 5.32 Å². The van der Waals surface area contributed by atoms with E-state index in [-0.39, 0.29) is 6.04 Å². The summed E-state index contributed by atoms with van der Waals surface area (Å²) in [5.41, 5.74) is 1.11. The third-order valence-electron chi connectivity index (χ3n) is 4.04. The van der Waals surface area contributed by atoms with Gasteiger partial charge in [0.15, 0.2) is 0 Å². The van der Waals surface area contributed by atoms with Crippen molar-refractivity contribution in [2.75, 3.05) is 19.3 Å². The standard InChI is InChI=1S/C15H24N2O2S2/c1-12(17-11-15(2)9-4-10-20-15)13-5-7-14(8-6-13)21(18,19)16-3/h5-8,12,16-17H,4,9-11H2,1-3H3/t12-,15+/m0/s1. The lowest BCUT2D eigenvalue weighted by Crippen LogP contribution is -2.34. The number of sulfonamides is 1. The van der Waals surface area contributed by atoms with Crippen LogP contribution in [0.2, 0.25) is 0 Å². The van der Waals surface area contributed by atoms with E-state index < -0.39 is 10.0 Å². The fraction of sp³-hybridized carbons (Fsp3) is 0.600. The first kappa shape index (κ1) is 16.8. The molecule has 0 saturated carbocycles. The van der Waals surface area contributed by atoms with Crippen LogP contribution in [-0.2, 0) is 10.0 Å². The van der Waals surface area contributed by atoms with E-state index in [9.17, 15) is 8.42 Å². The SMILES string of the molecule is CNS(=O)(=O)c1ccc([C@H](C)NC[C@@]2(C)CCCS2)cc1. The molecule has 21 heavy (non-hydrogen) atoms. The highest BCUT2D eigenvalue weighted by Gasteiger charge is 2.29. The van der Waals surface area contributed by atoms with Crippen LogP contribution in [0, 0.1) is 0 Å². The van der Waals surface area contributed by atoms with E-state index in [1.54, 1.807) is 12.1 Å². The van der Waals surface area contributed by atoms with Gasteiger partial charge in [0.25, 0.3) is 0 Å². The Hall–Kier alpha value is -0.560. The maximum atomic E-state index is 11.7. The molecule has 1 fully saturated rings. The zero-order valence-electron chi connectivity index (χ0n) is 12.8. The molecule has 1 aliphatic heterocycles. The van der Waals surface area contributed by atoms with E-state index in [2.05, 4.69) is 23.9 Å². The molecule has 2 atom stereocenters. The molecule has 0 bridgehead atoms. The second-order valence-electron chi connectivity index (χ2n) is 5.78. The summed E-state index contributed by atoms with van der Waals surface area (Å²) in [6, 6.07) is 7.30. The topological polar surface area (TPSA) is 58.2 Å². The second-order valence-corrected chi connectivity index (χ2v) is 9.35. The Morgan fingerprint density at radius 1 is 1.33 bits per heavy atom. The van der Waals surface area contributed by atoms with Crippen molar-refractivity contribution < 1.29 is 8.42 Å². The normalized spacial score (nSPS) is 24.1. The maximum absolute atomic E-state index is 11.7. The third kappa shape index (κ3) is 4.22. The fourth-order valence-corrected chi connectivity index (χ4v) is 4.50. The molecule has 1 heterocycles. The molecule has 0 spiro atoms. The van der Waals surface area contributed by atoms with Gasteiger partial charge in [0, 0.05) is 17.3 Å². The van der Waals surface area contributed by atoms with Crippen LogP contribution < -0.4 is 10.0 Å². The van der Waals surface area contributed by atoms with E-state index in [0.29, 0.717) is 9.64 Å². The van der Waals surface area contributed by atoms with Gasteiger partial charge in [0.2, 0.25) is 10.0 Å². The molecule has 0 aliphatic carbocycles. The van der Waals surface area contributed by atoms with Gasteiger partial charge >= 0.3 is 0 Å². The van der Waals surface area contributed by atoms with Crippen molar-refractivity contribution in [1.29, 1.82) is 0 Å². The molecule has 0 aromatic heterocycles. The van der Waals surface area contributed by atoms with Crippen LogP contribution >= 0.6 is 11.8 Å². The minimum Gasteiger partial charge on any atom is -0.309 e. The van der Waals surface area contributed by atoms with Gasteiger partial charge in [-0.2, -0.15) is 11.8 Å². The molecule has 1 aromatic rings. The van der Waals surface area contributed by atoms with Crippen LogP contribution in [0.25, 0.3) is 0 Å². The molecule has 2 rings (SSSR count). The molecule has 118 valence electrons. The average Bonchev–Trinajstić information content (AvgIpc) is 2.92. The van der Waals surface area contributed by atoms with Crippen molar-refractivity contribution in [3.05, 3.63) is 29.8 Å². The minimum atomic E-state index is -3.35. The highest BCUT2D eigenvalue weighted by Crippen LogP contribution is 2.37. The number of thioether (sulfide) groups is 1. The number of benzene rings is 1. The van der Waals surface area contributed by atoms with Crippen LogP contribution in [0.1, 0.15) is 38.3 Å². The first-order chi connectivity index (χ1) is 9.86. The van der Waals surface area contributed by atoms with Gasteiger partial charge in [-0.15, -0.1) is 0 Å². The lowest BCUT2D eigenvalue weighted by Gasteiger charge is -2.26. The lowest BCUT2D eigenvalue weighted by atomic mass is 10.0. The van der Waals surface area contributed by atoms with Crippen LogP contribution in [0.4, 0.5) is 0 Å². The van der Waals surface area contributed by atoms with Crippen LogP contribution in [0.15, 0.2) is 29.2 Å². The number of hydrogen-bond donors (Lipinski definition) is 2. The zero-order chi connectivity index (χ0) is 15.5. The Kier molecular flexibility index (Phi) is 5.35. The van der Waals surface area contributed by atoms with Gasteiger partial charge in [0.05, 0.1) is 4.90 Å². The largest absolute Gasteiger partial charge is 0.309 e. The number of nitrogens with one attached hydrogen (secondary N) is 2. The Morgan fingerprint density at radius 3 is 2.52 bits per heavy atom. The van der Waals surface area contributed by atoms with E-state index in [0.717, 1.165) is 12.1 Å². The zero-order valence-corrected chi connectivity index (χ0v) is 14.5. The predicted molar refractivity (Wildman–Crippen MR) is 89.2 cm³/mol. The van der Waals surface area contributed by atoms with Crippen molar-refractivity contribution in [3.63, 3.8) is 0 Å². The molecule has 1 aromatic carbocycles. The molecule has 2 N–H and O–H groups in total. The Bertz CT molecular complexity index is 564. The van der Waals surface area contributed by atoms with E-state index in [1.165, 1.54) is 25.6 Å². The van der Waals surface area contributed by atoms with Crippen LogP contribution in [0.5, 0.6) is 0 Å². The summed E-state index contributed by atoms with van der Waals surface area (Å²) in [7, 11) is -1.93. The fourth-order valence-electron chi connectivity index (χ4n) is 2.52. The molecule has 1 saturated heterocycles. The number of rotatable bonds is 6. The Balaban J connectivity index is 1.98. The smallest absolute Gasteiger partial charge is 0.240 e. The van der Waals surface area contributed by atoms with Crippen molar-refractivity contribution in [3.8, 4) is 0 Å². The summed E-state index contributed by atoms with van der Waals surface area (Å²) in [5, 5.41) is 3.57. The molecule has 1 aliphatic rings. The van der Waals surface area contributed by atoms with Crippen molar-refractivity contribution in [2.45, 2.75) is 42.4 Å². The van der Waals surface area contributed by atoms with Crippen molar-refractivity contribution in [2.24, 2.45) is 0 Å². The average molecular weight is 329 g/mol. The lowest BCUT2D eigenvalue weighted by molar-refractivity contribution is 0.490. The van der Waals surface area contributed by atoms with Gasteiger partial charge in [0.1, 0.15) is 0 Å². The maximum Gasteiger partial charge on any atom is 0.240 e. The summed E-state index contributed by atoms with van der Waals surface area (Å²) < 4.78 is 26.1. The van der Waals surface area contributed by atoms with Gasteiger partial charge in [-0.05, 0) is 57.2 Å². The highest BCUT2D eigenvalue weighted by molar-refractivity contribution is 8.00. The summed E-state index contributed by atoms with van der Waals surface area (Å²) >= 11 is 2.04. The summed E-state index contributed by atoms with van der Waals surface area (Å²) in [5.74, 6) is 1.25. The third-order valence-corrected chi connectivity index (χ3v) is 7.01. The summed E-state index contributed by atoms with van der Waals surface area (Å²) in [6.45, 7) is 5.41. The molecule has 6 heteroatoms. The predicted octanol–water partition coefficient (Wildman–Crippen LogP) is 2.53. The van der Waals surface area contributed by atoms with Gasteiger partial charge in [-0.3, -0.25) is 0 Å². The Labute approximate surface area is 132 Å². The van der Waals surface area contributed by atoms with E-state index in [4.69, 9.17) is 0 Å². The molecule has 0 radical (unpaired) electrons. The quantitative estimate of drug-likeness (QED) is 0.842. The van der Waals surface area contributed by atoms with Crippen LogP contribution in [0.3, 0.4) is 0 Å². The van der Waals surface area contributed by atoms with E-state index >= 15 is 0 Å².